The molecule has 0 amide bonds. The van der Waals surface area contributed by atoms with Crippen molar-refractivity contribution in [3.8, 4) is 0 Å². The average molecular weight is 268 g/mol. The van der Waals surface area contributed by atoms with Crippen LogP contribution in [0.25, 0.3) is 0 Å². The van der Waals surface area contributed by atoms with Crippen LogP contribution < -0.4 is 5.73 Å². The molecule has 0 aromatic rings. The zero-order chi connectivity index (χ0) is 12.0. The summed E-state index contributed by atoms with van der Waals surface area (Å²) in [4.78, 5) is 0. The minimum Gasteiger partial charge on any atom is -0.395 e. The predicted octanol–water partition coefficient (Wildman–Crippen LogP) is 1.69. The van der Waals surface area contributed by atoms with Crippen molar-refractivity contribution in [3.05, 3.63) is 0 Å². The minimum atomic E-state index is -0.0767. The smallest absolute Gasteiger partial charge is 0.157 e. The Morgan fingerprint density at radius 3 is 2.41 bits per heavy atom. The molecule has 1 saturated heterocycles. The number of hydrogen-bond acceptors (Lipinski definition) is 4. The summed E-state index contributed by atoms with van der Waals surface area (Å²) in [6, 6.07) is -0.0767. The maximum Gasteiger partial charge on any atom is 0.157 e. The first-order chi connectivity index (χ1) is 7.53. The maximum absolute atomic E-state index is 8.77. The van der Waals surface area contributed by atoms with Crippen LogP contribution in [0.3, 0.4) is 0 Å². The Balaban J connectivity index is 0.00000256. The largest absolute Gasteiger partial charge is 0.395 e. The fourth-order valence-electron chi connectivity index (χ4n) is 1.70. The highest BCUT2D eigenvalue weighted by atomic mass is 35.5. The molecule has 0 saturated carbocycles. The molecule has 0 aromatic carbocycles. The molecule has 3 N–H and O–H groups in total. The van der Waals surface area contributed by atoms with E-state index < -0.39 is 0 Å². The lowest BCUT2D eigenvalue weighted by Crippen LogP contribution is -2.37. The number of unbranched alkanes of at least 4 members (excludes halogenated alkanes) is 1. The normalized spacial score (nSPS) is 21.9. The van der Waals surface area contributed by atoms with Crippen LogP contribution in [0.1, 0.15) is 39.5 Å². The highest BCUT2D eigenvalue weighted by Gasteiger charge is 2.27. The quantitative estimate of drug-likeness (QED) is 0.719. The van der Waals surface area contributed by atoms with Crippen molar-refractivity contribution >= 4 is 12.4 Å². The van der Waals surface area contributed by atoms with Gasteiger partial charge in [-0.2, -0.15) is 0 Å². The molecule has 1 aliphatic rings. The van der Waals surface area contributed by atoms with E-state index in [1.54, 1.807) is 0 Å². The molecule has 0 aliphatic carbocycles. The lowest BCUT2D eigenvalue weighted by molar-refractivity contribution is -0.224. The number of nitrogens with two attached hydrogens (primary N) is 1. The summed E-state index contributed by atoms with van der Waals surface area (Å²) in [5.74, 6) is 0. The first-order valence-electron chi connectivity index (χ1n) is 6.13. The van der Waals surface area contributed by atoms with Crippen molar-refractivity contribution in [2.45, 2.75) is 51.9 Å². The number of aliphatic hydroxyl groups is 1. The Morgan fingerprint density at radius 1 is 1.29 bits per heavy atom. The van der Waals surface area contributed by atoms with Gasteiger partial charge in [-0.1, -0.05) is 20.3 Å². The molecule has 0 radical (unpaired) electrons. The van der Waals surface area contributed by atoms with Crippen molar-refractivity contribution < 1.29 is 14.6 Å². The molecule has 1 aliphatic heterocycles. The molecule has 1 atom stereocenters. The lowest BCUT2D eigenvalue weighted by Gasteiger charge is -2.34. The summed E-state index contributed by atoms with van der Waals surface area (Å²) in [5, 5.41) is 8.77. The maximum atomic E-state index is 8.77. The fourth-order valence-corrected chi connectivity index (χ4v) is 1.70. The van der Waals surface area contributed by atoms with Crippen molar-refractivity contribution in [1.29, 1.82) is 0 Å². The molecule has 1 heterocycles. The van der Waals surface area contributed by atoms with Gasteiger partial charge in [0.1, 0.15) is 0 Å². The molecule has 5 heteroatoms. The standard InChI is InChI=1S/C12H25NO3.ClH/c1-12(2)8-15-11(16-9-12)6-4-3-5-10(13)7-14;/h10-11,14H,3-9,13H2,1-2H3;1H. The molecule has 4 nitrogen and oxygen atoms in total. The molecular formula is C12H26ClNO3. The Bertz CT molecular complexity index is 192. The molecule has 104 valence electrons. The van der Waals surface area contributed by atoms with Crippen molar-refractivity contribution in [2.24, 2.45) is 11.1 Å². The summed E-state index contributed by atoms with van der Waals surface area (Å²) in [6.45, 7) is 5.90. The van der Waals surface area contributed by atoms with E-state index in [4.69, 9.17) is 20.3 Å². The van der Waals surface area contributed by atoms with Crippen LogP contribution in [0.2, 0.25) is 0 Å². The molecule has 0 aromatic heterocycles. The zero-order valence-corrected chi connectivity index (χ0v) is 11.7. The van der Waals surface area contributed by atoms with Gasteiger partial charge >= 0.3 is 0 Å². The molecule has 0 spiro atoms. The second-order valence-corrected chi connectivity index (χ2v) is 5.44. The number of aliphatic hydroxyl groups excluding tert-OH is 1. The van der Waals surface area contributed by atoms with Gasteiger partial charge in [0.15, 0.2) is 6.29 Å². The zero-order valence-electron chi connectivity index (χ0n) is 10.9. The Labute approximate surface area is 110 Å². The minimum absolute atomic E-state index is 0. The SMILES string of the molecule is CC1(C)COC(CCCCC(N)CO)OC1.Cl. The van der Waals surface area contributed by atoms with Crippen molar-refractivity contribution in [2.75, 3.05) is 19.8 Å². The Hall–Kier alpha value is 0.130. The van der Waals surface area contributed by atoms with E-state index >= 15 is 0 Å². The van der Waals surface area contributed by atoms with Crippen LogP contribution in [0, 0.1) is 5.41 Å². The second kappa shape index (κ2) is 8.27. The summed E-state index contributed by atoms with van der Waals surface area (Å²) in [5.41, 5.74) is 5.76. The van der Waals surface area contributed by atoms with Crippen molar-refractivity contribution in [1.82, 2.24) is 0 Å². The van der Waals surface area contributed by atoms with E-state index in [1.807, 2.05) is 0 Å². The van der Waals surface area contributed by atoms with E-state index in [-0.39, 0.29) is 36.8 Å². The highest BCUT2D eigenvalue weighted by Crippen LogP contribution is 2.24. The average Bonchev–Trinajstić information content (AvgIpc) is 2.26. The highest BCUT2D eigenvalue weighted by molar-refractivity contribution is 5.85. The third kappa shape index (κ3) is 7.21. The number of halogens is 1. The van der Waals surface area contributed by atoms with Crippen LogP contribution >= 0.6 is 12.4 Å². The second-order valence-electron chi connectivity index (χ2n) is 5.44. The summed E-state index contributed by atoms with van der Waals surface area (Å²) < 4.78 is 11.2. The molecule has 1 unspecified atom stereocenters. The molecule has 1 fully saturated rings. The van der Waals surface area contributed by atoms with E-state index in [0.29, 0.717) is 0 Å². The van der Waals surface area contributed by atoms with Gasteiger partial charge in [-0.05, 0) is 19.3 Å². The van der Waals surface area contributed by atoms with Crippen LogP contribution in [-0.2, 0) is 9.47 Å². The van der Waals surface area contributed by atoms with Gasteiger partial charge in [-0.25, -0.2) is 0 Å². The molecule has 0 bridgehead atoms. The van der Waals surface area contributed by atoms with Crippen LogP contribution in [-0.4, -0.2) is 37.3 Å². The van der Waals surface area contributed by atoms with Gasteiger partial charge in [-0.3, -0.25) is 0 Å². The van der Waals surface area contributed by atoms with Crippen LogP contribution in [0.15, 0.2) is 0 Å². The predicted molar refractivity (Wildman–Crippen MR) is 70.3 cm³/mol. The van der Waals surface area contributed by atoms with Gasteiger partial charge in [0.05, 0.1) is 19.8 Å². The topological polar surface area (TPSA) is 64.7 Å². The number of ether oxygens (including phenoxy) is 2. The van der Waals surface area contributed by atoms with E-state index in [9.17, 15) is 0 Å². The lowest BCUT2D eigenvalue weighted by atomic mass is 9.95. The summed E-state index contributed by atoms with van der Waals surface area (Å²) in [6.07, 6.45) is 3.81. The van der Waals surface area contributed by atoms with E-state index in [2.05, 4.69) is 13.8 Å². The first kappa shape index (κ1) is 17.1. The van der Waals surface area contributed by atoms with Gasteiger partial charge < -0.3 is 20.3 Å². The third-order valence-corrected chi connectivity index (χ3v) is 2.82. The van der Waals surface area contributed by atoms with Gasteiger partial charge in [0.25, 0.3) is 0 Å². The van der Waals surface area contributed by atoms with Crippen LogP contribution in [0.5, 0.6) is 0 Å². The number of hydrogen-bond donors (Lipinski definition) is 2. The molecule has 1 rings (SSSR count). The van der Waals surface area contributed by atoms with Crippen LogP contribution in [0.4, 0.5) is 0 Å². The summed E-state index contributed by atoms with van der Waals surface area (Å²) in [7, 11) is 0. The monoisotopic (exact) mass is 267 g/mol. The van der Waals surface area contributed by atoms with Gasteiger partial charge in [0.2, 0.25) is 0 Å². The van der Waals surface area contributed by atoms with E-state index in [0.717, 1.165) is 38.9 Å². The Morgan fingerprint density at radius 2 is 1.88 bits per heavy atom. The summed E-state index contributed by atoms with van der Waals surface area (Å²) >= 11 is 0. The first-order valence-corrected chi connectivity index (χ1v) is 6.13. The van der Waals surface area contributed by atoms with Crippen molar-refractivity contribution in [3.63, 3.8) is 0 Å². The Kier molecular flexibility index (Phi) is 8.33. The molecular weight excluding hydrogens is 242 g/mol. The van der Waals surface area contributed by atoms with Gasteiger partial charge in [0, 0.05) is 11.5 Å². The van der Waals surface area contributed by atoms with E-state index in [1.165, 1.54) is 0 Å². The number of rotatable bonds is 6. The molecule has 17 heavy (non-hydrogen) atoms. The van der Waals surface area contributed by atoms with Gasteiger partial charge in [-0.15, -0.1) is 12.4 Å². The third-order valence-electron chi connectivity index (χ3n) is 2.82. The fraction of sp³-hybridized carbons (Fsp3) is 1.00.